The zero-order valence-electron chi connectivity index (χ0n) is 17.1. The SMILES string of the molecule is Cn1nc(C(=O)Nc2ccccc2)c2c1CCN(C(=O)Nc1cccc(C(F)(F)F)c1)C2. The smallest absolute Gasteiger partial charge is 0.321 e. The van der Waals surface area contributed by atoms with Crippen molar-refractivity contribution >= 4 is 23.3 Å². The van der Waals surface area contributed by atoms with Crippen molar-refractivity contribution in [3.8, 4) is 0 Å². The molecule has 10 heteroatoms. The summed E-state index contributed by atoms with van der Waals surface area (Å²) in [4.78, 5) is 27.0. The lowest BCUT2D eigenvalue weighted by molar-refractivity contribution is -0.137. The molecule has 2 heterocycles. The minimum absolute atomic E-state index is 0.0452. The van der Waals surface area contributed by atoms with Gasteiger partial charge in [0.25, 0.3) is 5.91 Å². The Morgan fingerprint density at radius 3 is 2.44 bits per heavy atom. The quantitative estimate of drug-likeness (QED) is 0.634. The highest BCUT2D eigenvalue weighted by molar-refractivity contribution is 6.04. The van der Waals surface area contributed by atoms with Gasteiger partial charge in [-0.3, -0.25) is 9.48 Å². The number of para-hydroxylation sites is 1. The first-order valence-corrected chi connectivity index (χ1v) is 9.86. The van der Waals surface area contributed by atoms with Crippen LogP contribution in [0.1, 0.15) is 27.3 Å². The molecular weight excluding hydrogens is 423 g/mol. The molecule has 7 nitrogen and oxygen atoms in total. The molecule has 0 saturated heterocycles. The van der Waals surface area contributed by atoms with Crippen molar-refractivity contribution in [3.05, 3.63) is 77.1 Å². The maximum Gasteiger partial charge on any atom is 0.416 e. The number of carbonyl (C=O) groups excluding carboxylic acids is 2. The van der Waals surface area contributed by atoms with Crippen molar-refractivity contribution < 1.29 is 22.8 Å². The third kappa shape index (κ3) is 4.43. The van der Waals surface area contributed by atoms with Crippen molar-refractivity contribution in [2.24, 2.45) is 7.05 Å². The van der Waals surface area contributed by atoms with Crippen LogP contribution < -0.4 is 10.6 Å². The summed E-state index contributed by atoms with van der Waals surface area (Å²) < 4.78 is 40.4. The first kappa shape index (κ1) is 21.4. The Hall–Kier alpha value is -3.82. The van der Waals surface area contributed by atoms with Gasteiger partial charge >= 0.3 is 12.2 Å². The van der Waals surface area contributed by atoms with Crippen molar-refractivity contribution in [1.29, 1.82) is 0 Å². The number of fused-ring (bicyclic) bond motifs is 1. The summed E-state index contributed by atoms with van der Waals surface area (Å²) >= 11 is 0. The zero-order valence-corrected chi connectivity index (χ0v) is 17.1. The standard InChI is InChI=1S/C22H20F3N5O2/c1-29-18-10-11-30(21(32)27-16-9-5-6-14(12-16)22(23,24)25)13-17(18)19(28-29)20(31)26-15-7-3-2-4-8-15/h2-9,12H,10-11,13H2,1H3,(H,26,31)(H,27,32). The molecule has 2 aromatic carbocycles. The average Bonchev–Trinajstić information content (AvgIpc) is 3.10. The van der Waals surface area contributed by atoms with Crippen molar-refractivity contribution in [1.82, 2.24) is 14.7 Å². The van der Waals surface area contributed by atoms with Crippen molar-refractivity contribution in [2.75, 3.05) is 17.2 Å². The molecule has 0 atom stereocenters. The van der Waals surface area contributed by atoms with Crippen LogP contribution >= 0.6 is 0 Å². The van der Waals surface area contributed by atoms with E-state index in [4.69, 9.17) is 0 Å². The summed E-state index contributed by atoms with van der Waals surface area (Å²) in [5.41, 5.74) is 1.49. The predicted octanol–water partition coefficient (Wildman–Crippen LogP) is 4.28. The third-order valence-corrected chi connectivity index (χ3v) is 5.22. The number of aryl methyl sites for hydroxylation is 1. The number of amides is 3. The van der Waals surface area contributed by atoms with Gasteiger partial charge in [-0.05, 0) is 30.3 Å². The maximum absolute atomic E-state index is 12.9. The summed E-state index contributed by atoms with van der Waals surface area (Å²) in [5, 5.41) is 9.62. The van der Waals surface area contributed by atoms with Gasteiger partial charge in [-0.1, -0.05) is 24.3 Å². The van der Waals surface area contributed by atoms with Crippen LogP contribution in [0.4, 0.5) is 29.3 Å². The Morgan fingerprint density at radius 1 is 1.00 bits per heavy atom. The van der Waals surface area contributed by atoms with E-state index in [0.717, 1.165) is 17.8 Å². The molecule has 0 unspecified atom stereocenters. The van der Waals surface area contributed by atoms with Crippen LogP contribution in [-0.2, 0) is 26.2 Å². The van der Waals surface area contributed by atoms with E-state index >= 15 is 0 Å². The molecule has 2 N–H and O–H groups in total. The largest absolute Gasteiger partial charge is 0.416 e. The fourth-order valence-electron chi connectivity index (χ4n) is 3.64. The Labute approximate surface area is 181 Å². The Balaban J connectivity index is 1.51. The molecule has 32 heavy (non-hydrogen) atoms. The average molecular weight is 443 g/mol. The lowest BCUT2D eigenvalue weighted by atomic mass is 10.0. The molecule has 1 aliphatic rings. The zero-order chi connectivity index (χ0) is 22.9. The first-order chi connectivity index (χ1) is 15.2. The molecule has 0 radical (unpaired) electrons. The van der Waals surface area contributed by atoms with E-state index < -0.39 is 23.7 Å². The van der Waals surface area contributed by atoms with Gasteiger partial charge in [0.05, 0.1) is 12.1 Å². The Morgan fingerprint density at radius 2 is 1.72 bits per heavy atom. The molecule has 0 bridgehead atoms. The summed E-state index contributed by atoms with van der Waals surface area (Å²) in [6.45, 7) is 0.461. The van der Waals surface area contributed by atoms with E-state index in [1.807, 2.05) is 6.07 Å². The maximum atomic E-state index is 12.9. The van der Waals surface area contributed by atoms with E-state index in [1.54, 1.807) is 36.0 Å². The van der Waals surface area contributed by atoms with Crippen LogP contribution in [0, 0.1) is 0 Å². The van der Waals surface area contributed by atoms with Crippen molar-refractivity contribution in [2.45, 2.75) is 19.1 Å². The monoisotopic (exact) mass is 443 g/mol. The van der Waals surface area contributed by atoms with Crippen LogP contribution in [0.15, 0.2) is 54.6 Å². The number of nitrogens with one attached hydrogen (secondary N) is 2. The van der Waals surface area contributed by atoms with E-state index in [1.165, 1.54) is 17.0 Å². The van der Waals surface area contributed by atoms with Crippen LogP contribution in [0.5, 0.6) is 0 Å². The first-order valence-electron chi connectivity index (χ1n) is 9.86. The fourth-order valence-corrected chi connectivity index (χ4v) is 3.64. The van der Waals surface area contributed by atoms with Crippen LogP contribution in [0.25, 0.3) is 0 Å². The van der Waals surface area contributed by atoms with E-state index in [2.05, 4.69) is 15.7 Å². The van der Waals surface area contributed by atoms with Crippen LogP contribution in [0.3, 0.4) is 0 Å². The number of alkyl halides is 3. The van der Waals surface area contributed by atoms with Gasteiger partial charge in [0.1, 0.15) is 0 Å². The highest BCUT2D eigenvalue weighted by Crippen LogP contribution is 2.31. The van der Waals surface area contributed by atoms with Gasteiger partial charge in [0.15, 0.2) is 5.69 Å². The van der Waals surface area contributed by atoms with Gasteiger partial charge < -0.3 is 15.5 Å². The molecular formula is C22H20F3N5O2. The van der Waals surface area contributed by atoms with Gasteiger partial charge in [-0.25, -0.2) is 4.79 Å². The molecule has 0 aliphatic carbocycles. The van der Waals surface area contributed by atoms with Crippen LogP contribution in [-0.4, -0.2) is 33.2 Å². The van der Waals surface area contributed by atoms with Crippen molar-refractivity contribution in [3.63, 3.8) is 0 Å². The molecule has 0 fully saturated rings. The number of hydrogen-bond acceptors (Lipinski definition) is 3. The Bertz CT molecular complexity index is 1160. The highest BCUT2D eigenvalue weighted by Gasteiger charge is 2.32. The third-order valence-electron chi connectivity index (χ3n) is 5.22. The molecule has 1 aromatic heterocycles. The second-order valence-corrected chi connectivity index (χ2v) is 7.40. The number of benzene rings is 2. The summed E-state index contributed by atoms with van der Waals surface area (Å²) in [6.07, 6.45) is -4.04. The number of anilines is 2. The molecule has 1 aliphatic heterocycles. The Kier molecular flexibility index (Phi) is 5.60. The lowest BCUT2D eigenvalue weighted by Gasteiger charge is -2.28. The highest BCUT2D eigenvalue weighted by atomic mass is 19.4. The summed E-state index contributed by atoms with van der Waals surface area (Å²) in [7, 11) is 1.73. The molecule has 0 spiro atoms. The second-order valence-electron chi connectivity index (χ2n) is 7.40. The van der Waals surface area contributed by atoms with Crippen LogP contribution in [0.2, 0.25) is 0 Å². The van der Waals surface area contributed by atoms with E-state index in [0.29, 0.717) is 24.2 Å². The van der Waals surface area contributed by atoms with Gasteiger partial charge in [0, 0.05) is 42.6 Å². The van der Waals surface area contributed by atoms with Gasteiger partial charge in [-0.2, -0.15) is 18.3 Å². The topological polar surface area (TPSA) is 79.3 Å². The number of halogens is 3. The lowest BCUT2D eigenvalue weighted by Crippen LogP contribution is -2.39. The predicted molar refractivity (Wildman–Crippen MR) is 112 cm³/mol. The number of urea groups is 1. The number of carbonyl (C=O) groups is 2. The van der Waals surface area contributed by atoms with E-state index in [9.17, 15) is 22.8 Å². The minimum Gasteiger partial charge on any atom is -0.321 e. The second kappa shape index (κ2) is 8.37. The van der Waals surface area contributed by atoms with Gasteiger partial charge in [0.2, 0.25) is 0 Å². The summed E-state index contributed by atoms with van der Waals surface area (Å²) in [6, 6.07) is 12.8. The van der Waals surface area contributed by atoms with E-state index in [-0.39, 0.29) is 17.9 Å². The minimum atomic E-state index is -4.50. The number of hydrogen-bond donors (Lipinski definition) is 2. The van der Waals surface area contributed by atoms with Gasteiger partial charge in [-0.15, -0.1) is 0 Å². The number of aromatic nitrogens is 2. The fraction of sp³-hybridized carbons (Fsp3) is 0.227. The summed E-state index contributed by atoms with van der Waals surface area (Å²) in [5.74, 6) is -0.395. The number of rotatable bonds is 3. The molecule has 0 saturated carbocycles. The molecule has 4 rings (SSSR count). The number of nitrogens with zero attached hydrogens (tertiary/aromatic N) is 3. The normalized spacial score (nSPS) is 13.4. The molecule has 166 valence electrons. The molecule has 3 aromatic rings. The molecule has 3 amide bonds.